The highest BCUT2D eigenvalue weighted by Gasteiger charge is 2.34. The van der Waals surface area contributed by atoms with Gasteiger partial charge in [0.15, 0.2) is 11.6 Å². The van der Waals surface area contributed by atoms with Crippen molar-refractivity contribution in [2.75, 3.05) is 23.3 Å². The van der Waals surface area contributed by atoms with E-state index in [0.717, 1.165) is 17.5 Å². The molecule has 1 N–H and O–H groups in total. The standard InChI is InChI=1S/C22H22F4N6O/c1-13-10-14(2)32(30-13)20-8-7-19(28-29-20)31-9-3-4-15(12-31)21(33)27-16-5-6-18(23)17(11-16)22(24,25)26/h5-8,10-11,15H,3-4,9,12H2,1-2H3,(H,27,33). The second-order valence-electron chi connectivity index (χ2n) is 8.06. The van der Waals surface area contributed by atoms with Crippen LogP contribution in [0.4, 0.5) is 29.1 Å². The third kappa shape index (κ3) is 4.96. The Morgan fingerprint density at radius 1 is 1.09 bits per heavy atom. The summed E-state index contributed by atoms with van der Waals surface area (Å²) in [5.41, 5.74) is 0.286. The molecule has 0 aliphatic carbocycles. The number of rotatable bonds is 4. The van der Waals surface area contributed by atoms with Crippen LogP contribution < -0.4 is 10.2 Å². The van der Waals surface area contributed by atoms with E-state index < -0.39 is 29.4 Å². The Kier molecular flexibility index (Phi) is 6.05. The lowest BCUT2D eigenvalue weighted by Crippen LogP contribution is -2.41. The number of carbonyl (C=O) groups excluding carboxylic acids is 1. The van der Waals surface area contributed by atoms with Crippen LogP contribution >= 0.6 is 0 Å². The molecule has 1 amide bonds. The van der Waals surface area contributed by atoms with Crippen LogP contribution in [0, 0.1) is 25.6 Å². The first-order valence-electron chi connectivity index (χ1n) is 10.4. The second kappa shape index (κ2) is 8.80. The lowest BCUT2D eigenvalue weighted by atomic mass is 9.97. The molecular weight excluding hydrogens is 440 g/mol. The van der Waals surface area contributed by atoms with E-state index in [-0.39, 0.29) is 5.69 Å². The van der Waals surface area contributed by atoms with Crippen molar-refractivity contribution in [3.05, 3.63) is 59.2 Å². The average Bonchev–Trinajstić information content (AvgIpc) is 3.12. The fraction of sp³-hybridized carbons (Fsp3) is 0.364. The van der Waals surface area contributed by atoms with Gasteiger partial charge in [0, 0.05) is 24.5 Å². The number of hydrogen-bond acceptors (Lipinski definition) is 5. The van der Waals surface area contributed by atoms with Crippen LogP contribution in [0.1, 0.15) is 29.8 Å². The van der Waals surface area contributed by atoms with Crippen molar-refractivity contribution >= 4 is 17.4 Å². The van der Waals surface area contributed by atoms with Crippen LogP contribution in [0.2, 0.25) is 0 Å². The van der Waals surface area contributed by atoms with Crippen LogP contribution in [-0.4, -0.2) is 39.0 Å². The molecule has 1 aliphatic heterocycles. The van der Waals surface area contributed by atoms with Crippen molar-refractivity contribution in [3.8, 4) is 5.82 Å². The van der Waals surface area contributed by atoms with Crippen LogP contribution in [0.3, 0.4) is 0 Å². The van der Waals surface area contributed by atoms with Gasteiger partial charge < -0.3 is 10.2 Å². The summed E-state index contributed by atoms with van der Waals surface area (Å²) < 4.78 is 54.0. The average molecular weight is 462 g/mol. The van der Waals surface area contributed by atoms with Gasteiger partial charge in [-0.15, -0.1) is 10.2 Å². The van der Waals surface area contributed by atoms with Crippen molar-refractivity contribution < 1.29 is 22.4 Å². The van der Waals surface area contributed by atoms with Gasteiger partial charge in [0.1, 0.15) is 5.82 Å². The lowest BCUT2D eigenvalue weighted by molar-refractivity contribution is -0.140. The molecule has 33 heavy (non-hydrogen) atoms. The third-order valence-electron chi connectivity index (χ3n) is 5.52. The Hall–Kier alpha value is -3.50. The smallest absolute Gasteiger partial charge is 0.354 e. The molecule has 1 atom stereocenters. The fourth-order valence-electron chi connectivity index (χ4n) is 3.92. The summed E-state index contributed by atoms with van der Waals surface area (Å²) in [4.78, 5) is 14.6. The van der Waals surface area contributed by atoms with Gasteiger partial charge in [0.25, 0.3) is 0 Å². The Labute approximate surface area is 187 Å². The third-order valence-corrected chi connectivity index (χ3v) is 5.52. The minimum Gasteiger partial charge on any atom is -0.354 e. The Morgan fingerprint density at radius 2 is 1.82 bits per heavy atom. The molecule has 2 aromatic heterocycles. The number of anilines is 2. The molecule has 4 rings (SSSR count). The van der Waals surface area contributed by atoms with Crippen LogP contribution in [0.5, 0.6) is 0 Å². The monoisotopic (exact) mass is 462 g/mol. The number of alkyl halides is 3. The number of carbonyl (C=O) groups is 1. The summed E-state index contributed by atoms with van der Waals surface area (Å²) >= 11 is 0. The molecule has 1 unspecified atom stereocenters. The van der Waals surface area contributed by atoms with Gasteiger partial charge in [0.05, 0.1) is 17.2 Å². The molecule has 0 radical (unpaired) electrons. The lowest BCUT2D eigenvalue weighted by Gasteiger charge is -2.32. The highest BCUT2D eigenvalue weighted by atomic mass is 19.4. The van der Waals surface area contributed by atoms with Crippen molar-refractivity contribution in [1.29, 1.82) is 0 Å². The van der Waals surface area contributed by atoms with Crippen LogP contribution in [0.15, 0.2) is 36.4 Å². The van der Waals surface area contributed by atoms with Crippen molar-refractivity contribution in [2.45, 2.75) is 32.9 Å². The highest BCUT2D eigenvalue weighted by molar-refractivity contribution is 5.93. The number of halogens is 4. The number of piperidine rings is 1. The van der Waals surface area contributed by atoms with E-state index in [9.17, 15) is 22.4 Å². The van der Waals surface area contributed by atoms with Gasteiger partial charge in [-0.25, -0.2) is 9.07 Å². The molecule has 7 nitrogen and oxygen atoms in total. The van der Waals surface area contributed by atoms with E-state index in [4.69, 9.17) is 0 Å². The normalized spacial score (nSPS) is 16.7. The topological polar surface area (TPSA) is 75.9 Å². The SMILES string of the molecule is Cc1cc(C)n(-c2ccc(N3CCCC(C(=O)Nc4ccc(F)c(C(F)(F)F)c4)C3)nn2)n1. The zero-order valence-electron chi connectivity index (χ0n) is 18.0. The predicted molar refractivity (Wildman–Crippen MR) is 114 cm³/mol. The van der Waals surface area contributed by atoms with Crippen molar-refractivity contribution in [1.82, 2.24) is 20.0 Å². The molecule has 11 heteroatoms. The number of amides is 1. The molecule has 0 saturated carbocycles. The Balaban J connectivity index is 1.44. The Bertz CT molecular complexity index is 1160. The summed E-state index contributed by atoms with van der Waals surface area (Å²) in [6.07, 6.45) is -3.56. The molecule has 3 aromatic rings. The first-order chi connectivity index (χ1) is 15.6. The van der Waals surface area contributed by atoms with Gasteiger partial charge in [-0.1, -0.05) is 0 Å². The van der Waals surface area contributed by atoms with Crippen molar-refractivity contribution in [3.63, 3.8) is 0 Å². The minimum atomic E-state index is -4.84. The molecule has 3 heterocycles. The molecule has 1 fully saturated rings. The predicted octanol–water partition coefficient (Wildman–Crippen LogP) is 4.29. The summed E-state index contributed by atoms with van der Waals surface area (Å²) in [6, 6.07) is 7.95. The summed E-state index contributed by atoms with van der Waals surface area (Å²) in [5, 5.41) is 15.4. The quantitative estimate of drug-likeness (QED) is 0.586. The minimum absolute atomic E-state index is 0.0973. The number of nitrogens with zero attached hydrogens (tertiary/aromatic N) is 5. The molecule has 1 saturated heterocycles. The zero-order chi connectivity index (χ0) is 23.8. The maximum atomic E-state index is 13.5. The van der Waals surface area contributed by atoms with E-state index >= 15 is 0 Å². The van der Waals surface area contributed by atoms with Gasteiger partial charge in [-0.05, 0) is 63.1 Å². The molecule has 0 bridgehead atoms. The second-order valence-corrected chi connectivity index (χ2v) is 8.06. The maximum Gasteiger partial charge on any atom is 0.419 e. The van der Waals surface area contributed by atoms with E-state index in [1.807, 2.05) is 24.8 Å². The summed E-state index contributed by atoms with van der Waals surface area (Å²) in [7, 11) is 0. The number of hydrogen-bond donors (Lipinski definition) is 1. The molecule has 1 aromatic carbocycles. The summed E-state index contributed by atoms with van der Waals surface area (Å²) in [6.45, 7) is 4.82. The van der Waals surface area contributed by atoms with E-state index in [2.05, 4.69) is 20.6 Å². The van der Waals surface area contributed by atoms with Crippen LogP contribution in [-0.2, 0) is 11.0 Å². The number of aromatic nitrogens is 4. The first-order valence-corrected chi connectivity index (χ1v) is 10.4. The van der Waals surface area contributed by atoms with E-state index in [1.165, 1.54) is 0 Å². The van der Waals surface area contributed by atoms with E-state index in [0.29, 0.717) is 49.7 Å². The Morgan fingerprint density at radius 3 is 2.45 bits per heavy atom. The highest BCUT2D eigenvalue weighted by Crippen LogP contribution is 2.33. The summed E-state index contributed by atoms with van der Waals surface area (Å²) in [5.74, 6) is -1.10. The molecule has 174 valence electrons. The van der Waals surface area contributed by atoms with Gasteiger partial charge in [-0.3, -0.25) is 4.79 Å². The first kappa shape index (κ1) is 22.7. The molecule has 0 spiro atoms. The molecular formula is C22H22F4N6O. The fourth-order valence-corrected chi connectivity index (χ4v) is 3.92. The maximum absolute atomic E-state index is 13.5. The van der Waals surface area contributed by atoms with Crippen molar-refractivity contribution in [2.24, 2.45) is 5.92 Å². The number of nitrogens with one attached hydrogen (secondary N) is 1. The van der Waals surface area contributed by atoms with Gasteiger partial charge >= 0.3 is 6.18 Å². The zero-order valence-corrected chi connectivity index (χ0v) is 18.0. The largest absolute Gasteiger partial charge is 0.419 e. The van der Waals surface area contributed by atoms with Gasteiger partial charge in [0.2, 0.25) is 5.91 Å². The molecule has 1 aliphatic rings. The van der Waals surface area contributed by atoms with Crippen LogP contribution in [0.25, 0.3) is 5.82 Å². The number of benzene rings is 1. The van der Waals surface area contributed by atoms with Gasteiger partial charge in [-0.2, -0.15) is 18.3 Å². The number of aryl methyl sites for hydroxylation is 2. The van der Waals surface area contributed by atoms with E-state index in [1.54, 1.807) is 16.8 Å².